The Morgan fingerprint density at radius 3 is 2.32 bits per heavy atom. The summed E-state index contributed by atoms with van der Waals surface area (Å²) in [6, 6.07) is 12.5. The second kappa shape index (κ2) is 5.86. The third-order valence-corrected chi connectivity index (χ3v) is 2.53. The van der Waals surface area contributed by atoms with E-state index in [4.69, 9.17) is 5.73 Å². The van der Waals surface area contributed by atoms with Crippen molar-refractivity contribution < 1.29 is 9.18 Å². The Morgan fingerprint density at radius 2 is 1.68 bits per heavy atom. The molecule has 0 unspecified atom stereocenters. The molecule has 0 bridgehead atoms. The Labute approximate surface area is 110 Å². The first-order chi connectivity index (χ1) is 9.13. The molecule has 0 heterocycles. The van der Waals surface area contributed by atoms with Crippen LogP contribution in [0.2, 0.25) is 0 Å². The van der Waals surface area contributed by atoms with Crippen molar-refractivity contribution in [3.05, 3.63) is 59.9 Å². The van der Waals surface area contributed by atoms with Crippen molar-refractivity contribution in [3.63, 3.8) is 0 Å². The number of nitrogen functional groups attached to an aromatic ring is 1. The van der Waals surface area contributed by atoms with E-state index >= 15 is 0 Å². The van der Waals surface area contributed by atoms with Gasteiger partial charge in [-0.3, -0.25) is 0 Å². The van der Waals surface area contributed by atoms with Gasteiger partial charge in [-0.1, -0.05) is 12.1 Å². The van der Waals surface area contributed by atoms with Crippen LogP contribution in [0.25, 0.3) is 0 Å². The number of amides is 2. The van der Waals surface area contributed by atoms with Crippen molar-refractivity contribution in [3.8, 4) is 0 Å². The van der Waals surface area contributed by atoms with Gasteiger partial charge in [0.15, 0.2) is 0 Å². The summed E-state index contributed by atoms with van der Waals surface area (Å²) < 4.78 is 12.7. The Bertz CT molecular complexity index is 552. The van der Waals surface area contributed by atoms with Crippen LogP contribution in [0.1, 0.15) is 5.56 Å². The summed E-state index contributed by atoms with van der Waals surface area (Å²) in [6.45, 7) is 0.396. The highest BCUT2D eigenvalue weighted by Gasteiger charge is 2.01. The fraction of sp³-hybridized carbons (Fsp3) is 0.0714. The molecule has 0 atom stereocenters. The molecular weight excluding hydrogens is 245 g/mol. The number of hydrogen-bond acceptors (Lipinski definition) is 2. The van der Waals surface area contributed by atoms with Crippen molar-refractivity contribution in [2.24, 2.45) is 0 Å². The predicted molar refractivity (Wildman–Crippen MR) is 73.1 cm³/mol. The summed E-state index contributed by atoms with van der Waals surface area (Å²) in [5.74, 6) is -0.340. The third kappa shape index (κ3) is 3.99. The van der Waals surface area contributed by atoms with Crippen LogP contribution < -0.4 is 16.4 Å². The van der Waals surface area contributed by atoms with Gasteiger partial charge in [-0.25, -0.2) is 9.18 Å². The van der Waals surface area contributed by atoms with E-state index in [9.17, 15) is 9.18 Å². The second-order valence-electron chi connectivity index (χ2n) is 4.06. The average Bonchev–Trinajstić information content (AvgIpc) is 2.41. The van der Waals surface area contributed by atoms with Gasteiger partial charge in [0.2, 0.25) is 0 Å². The van der Waals surface area contributed by atoms with Gasteiger partial charge in [-0.2, -0.15) is 0 Å². The fourth-order valence-electron chi connectivity index (χ4n) is 1.53. The molecule has 0 aliphatic rings. The first-order valence-electron chi connectivity index (χ1n) is 5.78. The highest BCUT2D eigenvalue weighted by Crippen LogP contribution is 2.08. The van der Waals surface area contributed by atoms with E-state index in [0.29, 0.717) is 17.9 Å². The predicted octanol–water partition coefficient (Wildman–Crippen LogP) is 2.73. The molecule has 4 N–H and O–H groups in total. The number of nitrogens with two attached hydrogens (primary N) is 1. The van der Waals surface area contributed by atoms with Crippen molar-refractivity contribution in [1.29, 1.82) is 0 Å². The normalized spacial score (nSPS) is 9.95. The molecular formula is C14H14FN3O. The SMILES string of the molecule is Nc1ccc(CNC(=O)Nc2ccc(F)cc2)cc1. The lowest BCUT2D eigenvalue weighted by atomic mass is 10.2. The highest BCUT2D eigenvalue weighted by molar-refractivity contribution is 5.89. The molecule has 0 saturated carbocycles. The number of urea groups is 1. The van der Waals surface area contributed by atoms with Crippen LogP contribution in [-0.4, -0.2) is 6.03 Å². The van der Waals surface area contributed by atoms with Crippen LogP contribution in [0.15, 0.2) is 48.5 Å². The average molecular weight is 259 g/mol. The van der Waals surface area contributed by atoms with Crippen molar-refractivity contribution in [2.75, 3.05) is 11.1 Å². The molecule has 0 aromatic heterocycles. The number of carbonyl (C=O) groups excluding carboxylic acids is 1. The maximum absolute atomic E-state index is 12.7. The zero-order chi connectivity index (χ0) is 13.7. The molecule has 0 aliphatic carbocycles. The van der Waals surface area contributed by atoms with Crippen LogP contribution in [0.5, 0.6) is 0 Å². The van der Waals surface area contributed by atoms with E-state index in [1.165, 1.54) is 24.3 Å². The van der Waals surface area contributed by atoms with E-state index in [0.717, 1.165) is 5.56 Å². The first kappa shape index (κ1) is 12.9. The van der Waals surface area contributed by atoms with Gasteiger partial charge >= 0.3 is 6.03 Å². The molecule has 2 rings (SSSR count). The summed E-state index contributed by atoms with van der Waals surface area (Å²) in [5, 5.41) is 5.31. The van der Waals surface area contributed by atoms with E-state index in [2.05, 4.69) is 10.6 Å². The van der Waals surface area contributed by atoms with Gasteiger partial charge in [0.1, 0.15) is 5.82 Å². The number of carbonyl (C=O) groups is 1. The lowest BCUT2D eigenvalue weighted by Gasteiger charge is -2.07. The van der Waals surface area contributed by atoms with Crippen molar-refractivity contribution in [2.45, 2.75) is 6.54 Å². The van der Waals surface area contributed by atoms with Crippen LogP contribution in [0.3, 0.4) is 0 Å². The minimum atomic E-state index is -0.344. The van der Waals surface area contributed by atoms with E-state index in [1.54, 1.807) is 12.1 Å². The van der Waals surface area contributed by atoms with Gasteiger partial charge in [0.05, 0.1) is 0 Å². The van der Waals surface area contributed by atoms with E-state index < -0.39 is 0 Å². The summed E-state index contributed by atoms with van der Waals surface area (Å²) in [7, 11) is 0. The lowest BCUT2D eigenvalue weighted by molar-refractivity contribution is 0.251. The molecule has 0 saturated heterocycles. The first-order valence-corrected chi connectivity index (χ1v) is 5.78. The van der Waals surface area contributed by atoms with Gasteiger partial charge in [0.25, 0.3) is 0 Å². The molecule has 2 aromatic carbocycles. The number of hydrogen-bond donors (Lipinski definition) is 3. The summed E-state index contributed by atoms with van der Waals surface area (Å²) in [4.78, 5) is 11.6. The third-order valence-electron chi connectivity index (χ3n) is 2.53. The van der Waals surface area contributed by atoms with Crippen molar-refractivity contribution >= 4 is 17.4 Å². The molecule has 2 amide bonds. The van der Waals surface area contributed by atoms with Crippen LogP contribution in [-0.2, 0) is 6.54 Å². The van der Waals surface area contributed by atoms with Crippen molar-refractivity contribution in [1.82, 2.24) is 5.32 Å². The number of anilines is 2. The minimum Gasteiger partial charge on any atom is -0.399 e. The molecule has 5 heteroatoms. The summed E-state index contributed by atoms with van der Waals surface area (Å²) >= 11 is 0. The minimum absolute atomic E-state index is 0.340. The Hall–Kier alpha value is -2.56. The second-order valence-corrected chi connectivity index (χ2v) is 4.06. The molecule has 0 aliphatic heterocycles. The van der Waals surface area contributed by atoms with Gasteiger partial charge < -0.3 is 16.4 Å². The highest BCUT2D eigenvalue weighted by atomic mass is 19.1. The standard InChI is InChI=1S/C14H14FN3O/c15-11-3-7-13(8-4-11)18-14(19)17-9-10-1-5-12(16)6-2-10/h1-8H,9,16H2,(H2,17,18,19). The molecule has 0 spiro atoms. The fourth-order valence-corrected chi connectivity index (χ4v) is 1.53. The van der Waals surface area contributed by atoms with Crippen LogP contribution in [0.4, 0.5) is 20.6 Å². The number of halogens is 1. The van der Waals surface area contributed by atoms with Gasteiger partial charge in [-0.05, 0) is 42.0 Å². The summed E-state index contributed by atoms with van der Waals surface area (Å²) in [5.41, 5.74) is 7.73. The Morgan fingerprint density at radius 1 is 1.05 bits per heavy atom. The van der Waals surface area contributed by atoms with Crippen LogP contribution in [0, 0.1) is 5.82 Å². The largest absolute Gasteiger partial charge is 0.399 e. The Kier molecular flexibility index (Phi) is 3.97. The monoisotopic (exact) mass is 259 g/mol. The number of nitrogens with one attached hydrogen (secondary N) is 2. The Balaban J connectivity index is 1.84. The lowest BCUT2D eigenvalue weighted by Crippen LogP contribution is -2.28. The topological polar surface area (TPSA) is 67.1 Å². The van der Waals surface area contributed by atoms with Crippen LogP contribution >= 0.6 is 0 Å². The maximum Gasteiger partial charge on any atom is 0.319 e. The molecule has 2 aromatic rings. The molecule has 98 valence electrons. The smallest absolute Gasteiger partial charge is 0.319 e. The molecule has 0 radical (unpaired) electrons. The van der Waals surface area contributed by atoms with E-state index in [1.807, 2.05) is 12.1 Å². The molecule has 0 fully saturated rings. The van der Waals surface area contributed by atoms with Gasteiger partial charge in [-0.15, -0.1) is 0 Å². The maximum atomic E-state index is 12.7. The van der Waals surface area contributed by atoms with E-state index in [-0.39, 0.29) is 11.8 Å². The van der Waals surface area contributed by atoms with Gasteiger partial charge in [0, 0.05) is 17.9 Å². The quantitative estimate of drug-likeness (QED) is 0.742. The zero-order valence-electron chi connectivity index (χ0n) is 10.2. The molecule has 4 nitrogen and oxygen atoms in total. The summed E-state index contributed by atoms with van der Waals surface area (Å²) in [6.07, 6.45) is 0. The molecule has 19 heavy (non-hydrogen) atoms. The number of rotatable bonds is 3. The number of benzene rings is 2. The zero-order valence-corrected chi connectivity index (χ0v) is 10.2.